The van der Waals surface area contributed by atoms with Crippen LogP contribution in [-0.2, 0) is 0 Å². The van der Waals surface area contributed by atoms with Gasteiger partial charge in [0.1, 0.15) is 0 Å². The highest BCUT2D eigenvalue weighted by Crippen LogP contribution is 1.82. The van der Waals surface area contributed by atoms with E-state index in [0.29, 0.717) is 0 Å². The molecule has 0 unspecified atom stereocenters. The van der Waals surface area contributed by atoms with Gasteiger partial charge in [-0.15, -0.1) is 5.59 Å². The highest BCUT2D eigenvalue weighted by atomic mass is 16.5. The second-order valence-corrected chi connectivity index (χ2v) is 1.84. The lowest BCUT2D eigenvalue weighted by Gasteiger charge is -2.24. The third kappa shape index (κ3) is 1.41. The van der Waals surface area contributed by atoms with Crippen molar-refractivity contribution in [3.8, 4) is 0 Å². The molecule has 0 aromatic heterocycles. The van der Waals surface area contributed by atoms with Gasteiger partial charge in [0.2, 0.25) is 0 Å². The lowest BCUT2D eigenvalue weighted by Crippen LogP contribution is -2.48. The fraction of sp³-hybridized carbons (Fsp3) is 1.00. The summed E-state index contributed by atoms with van der Waals surface area (Å²) < 4.78 is 0. The molecule has 1 saturated heterocycles. The molecule has 0 aromatic rings. The van der Waals surface area contributed by atoms with E-state index in [4.69, 9.17) is 5.21 Å². The van der Waals surface area contributed by atoms with Crippen LogP contribution in [0, 0.1) is 0 Å². The molecule has 1 fully saturated rings. The summed E-state index contributed by atoms with van der Waals surface area (Å²) in [6.45, 7) is 3.65. The molecular formula is C4H11N3O. The number of hydrogen-bond acceptors (Lipinski definition) is 4. The van der Waals surface area contributed by atoms with E-state index in [-0.39, 0.29) is 0 Å². The Morgan fingerprint density at radius 3 is 2.38 bits per heavy atom. The molecule has 0 atom stereocenters. The minimum atomic E-state index is 0.872. The van der Waals surface area contributed by atoms with Crippen molar-refractivity contribution in [3.63, 3.8) is 0 Å². The largest absolute Gasteiger partial charge is 0.314 e. The molecule has 3 N–H and O–H groups in total. The summed E-state index contributed by atoms with van der Waals surface area (Å²) in [5, 5.41) is 13.3. The van der Waals surface area contributed by atoms with E-state index in [1.807, 2.05) is 0 Å². The summed E-state index contributed by atoms with van der Waals surface area (Å²) >= 11 is 0. The lowest BCUT2D eigenvalue weighted by molar-refractivity contribution is -0.0264. The van der Waals surface area contributed by atoms with E-state index in [9.17, 15) is 0 Å². The number of piperazine rings is 1. The van der Waals surface area contributed by atoms with Crippen LogP contribution in [0.4, 0.5) is 0 Å². The van der Waals surface area contributed by atoms with Crippen molar-refractivity contribution in [1.29, 1.82) is 0 Å². The van der Waals surface area contributed by atoms with Gasteiger partial charge in [0.25, 0.3) is 0 Å². The molecule has 0 radical (unpaired) electrons. The normalized spacial score (nSPS) is 23.6. The van der Waals surface area contributed by atoms with Crippen molar-refractivity contribution in [1.82, 2.24) is 15.9 Å². The third-order valence-corrected chi connectivity index (χ3v) is 1.26. The molecular weight excluding hydrogens is 106 g/mol. The molecule has 0 amide bonds. The molecule has 0 aliphatic carbocycles. The average molecular weight is 117 g/mol. The summed E-state index contributed by atoms with van der Waals surface area (Å²) in [5.74, 6) is 0. The first-order chi connectivity index (χ1) is 3.93. The Hall–Kier alpha value is -0.160. The van der Waals surface area contributed by atoms with Crippen LogP contribution in [0.2, 0.25) is 0 Å². The average Bonchev–Trinajstić information content (AvgIpc) is 1.90. The first kappa shape index (κ1) is 5.97. The Morgan fingerprint density at radius 2 is 2.00 bits per heavy atom. The summed E-state index contributed by atoms with van der Waals surface area (Å²) in [5.41, 5.74) is 2.10. The minimum absolute atomic E-state index is 0.872. The van der Waals surface area contributed by atoms with E-state index >= 15 is 0 Å². The Balaban J connectivity index is 2.13. The fourth-order valence-corrected chi connectivity index (χ4v) is 0.765. The number of hydrogen-bond donors (Lipinski definition) is 3. The summed E-state index contributed by atoms with van der Waals surface area (Å²) in [4.78, 5) is 0. The predicted molar refractivity (Wildman–Crippen MR) is 29.4 cm³/mol. The van der Waals surface area contributed by atoms with E-state index in [0.717, 1.165) is 26.2 Å². The van der Waals surface area contributed by atoms with Gasteiger partial charge in [-0.25, -0.2) is 5.01 Å². The molecule has 1 aliphatic rings. The van der Waals surface area contributed by atoms with Crippen LogP contribution >= 0.6 is 0 Å². The Labute approximate surface area is 48.4 Å². The van der Waals surface area contributed by atoms with Crippen molar-refractivity contribution < 1.29 is 5.21 Å². The first-order valence-electron chi connectivity index (χ1n) is 2.79. The first-order valence-corrected chi connectivity index (χ1v) is 2.79. The third-order valence-electron chi connectivity index (χ3n) is 1.26. The lowest BCUT2D eigenvalue weighted by atomic mass is 10.4. The second kappa shape index (κ2) is 2.99. The monoisotopic (exact) mass is 117 g/mol. The molecule has 1 rings (SSSR count). The Kier molecular flexibility index (Phi) is 2.23. The molecule has 0 spiro atoms. The van der Waals surface area contributed by atoms with E-state index in [1.165, 1.54) is 0 Å². The number of nitrogens with one attached hydrogen (secondary N) is 2. The van der Waals surface area contributed by atoms with Crippen molar-refractivity contribution in [2.75, 3.05) is 26.2 Å². The summed E-state index contributed by atoms with van der Waals surface area (Å²) in [6.07, 6.45) is 0. The molecule has 0 saturated carbocycles. The molecule has 0 bridgehead atoms. The second-order valence-electron chi connectivity index (χ2n) is 1.84. The SMILES string of the molecule is ONN1CCNCC1. The van der Waals surface area contributed by atoms with Crippen LogP contribution in [0.5, 0.6) is 0 Å². The fourth-order valence-electron chi connectivity index (χ4n) is 0.765. The van der Waals surface area contributed by atoms with Gasteiger partial charge in [0.05, 0.1) is 0 Å². The molecule has 1 aliphatic heterocycles. The highest BCUT2D eigenvalue weighted by molar-refractivity contribution is 4.60. The van der Waals surface area contributed by atoms with E-state index in [1.54, 1.807) is 5.01 Å². The highest BCUT2D eigenvalue weighted by Gasteiger charge is 2.05. The Bertz CT molecular complexity index is 62.3. The zero-order valence-corrected chi connectivity index (χ0v) is 4.72. The Morgan fingerprint density at radius 1 is 1.38 bits per heavy atom. The summed E-state index contributed by atoms with van der Waals surface area (Å²) in [7, 11) is 0. The smallest absolute Gasteiger partial charge is 0.0278 e. The zero-order valence-electron chi connectivity index (χ0n) is 4.72. The minimum Gasteiger partial charge on any atom is -0.314 e. The quantitative estimate of drug-likeness (QED) is 0.377. The van der Waals surface area contributed by atoms with Crippen molar-refractivity contribution in [2.45, 2.75) is 0 Å². The maximum absolute atomic E-state index is 8.34. The molecule has 8 heavy (non-hydrogen) atoms. The number of rotatable bonds is 1. The van der Waals surface area contributed by atoms with Crippen LogP contribution in [0.15, 0.2) is 0 Å². The van der Waals surface area contributed by atoms with Crippen molar-refractivity contribution in [3.05, 3.63) is 0 Å². The van der Waals surface area contributed by atoms with E-state index < -0.39 is 0 Å². The maximum atomic E-state index is 8.34. The maximum Gasteiger partial charge on any atom is 0.0278 e. The summed E-state index contributed by atoms with van der Waals surface area (Å²) in [6, 6.07) is 0. The number of hydrazine groups is 1. The van der Waals surface area contributed by atoms with Crippen molar-refractivity contribution in [2.24, 2.45) is 0 Å². The molecule has 4 heteroatoms. The van der Waals surface area contributed by atoms with Crippen LogP contribution in [-0.4, -0.2) is 36.4 Å². The van der Waals surface area contributed by atoms with Crippen LogP contribution in [0.3, 0.4) is 0 Å². The van der Waals surface area contributed by atoms with Gasteiger partial charge < -0.3 is 10.5 Å². The van der Waals surface area contributed by atoms with Crippen LogP contribution in [0.25, 0.3) is 0 Å². The van der Waals surface area contributed by atoms with Crippen LogP contribution in [0.1, 0.15) is 0 Å². The topological polar surface area (TPSA) is 47.5 Å². The molecule has 4 nitrogen and oxygen atoms in total. The van der Waals surface area contributed by atoms with Gasteiger partial charge in [-0.3, -0.25) is 0 Å². The van der Waals surface area contributed by atoms with Gasteiger partial charge in [0, 0.05) is 26.2 Å². The zero-order chi connectivity index (χ0) is 5.82. The predicted octanol–water partition coefficient (Wildman–Crippen LogP) is -1.21. The van der Waals surface area contributed by atoms with Gasteiger partial charge in [-0.2, -0.15) is 0 Å². The van der Waals surface area contributed by atoms with E-state index in [2.05, 4.69) is 10.9 Å². The molecule has 48 valence electrons. The molecule has 0 aromatic carbocycles. The van der Waals surface area contributed by atoms with Crippen molar-refractivity contribution >= 4 is 0 Å². The van der Waals surface area contributed by atoms with Crippen LogP contribution < -0.4 is 10.9 Å². The van der Waals surface area contributed by atoms with Gasteiger partial charge in [-0.05, 0) is 0 Å². The van der Waals surface area contributed by atoms with Gasteiger partial charge >= 0.3 is 0 Å². The number of nitrogens with zero attached hydrogens (tertiary/aromatic N) is 1. The standard InChI is InChI=1S/C4H11N3O/c8-6-7-3-1-5-2-4-7/h5-6,8H,1-4H2. The van der Waals surface area contributed by atoms with Gasteiger partial charge in [0.15, 0.2) is 0 Å². The van der Waals surface area contributed by atoms with Gasteiger partial charge in [-0.1, -0.05) is 0 Å². The molecule has 1 heterocycles.